The molecule has 0 bridgehead atoms. The first-order chi connectivity index (χ1) is 10.6. The Morgan fingerprint density at radius 1 is 1.18 bits per heavy atom. The molecule has 1 heterocycles. The molecule has 3 atom stereocenters. The molecule has 3 nitrogen and oxygen atoms in total. The van der Waals surface area contributed by atoms with Gasteiger partial charge in [-0.25, -0.2) is 0 Å². The number of nitrogens with zero attached hydrogens (tertiary/aromatic N) is 1. The van der Waals surface area contributed by atoms with E-state index in [-0.39, 0.29) is 5.91 Å². The highest BCUT2D eigenvalue weighted by Gasteiger charge is 2.38. The lowest BCUT2D eigenvalue weighted by Gasteiger charge is -2.33. The van der Waals surface area contributed by atoms with Crippen LogP contribution in [0.4, 0.5) is 0 Å². The smallest absolute Gasteiger partial charge is 0.253 e. The molecule has 120 valence electrons. The minimum absolute atomic E-state index is 0.0356. The summed E-state index contributed by atoms with van der Waals surface area (Å²) in [6, 6.07) is 6.00. The zero-order valence-electron chi connectivity index (χ0n) is 12.8. The number of halogens is 2. The van der Waals surface area contributed by atoms with Gasteiger partial charge in [-0.1, -0.05) is 29.6 Å². The van der Waals surface area contributed by atoms with Gasteiger partial charge < -0.3 is 10.2 Å². The molecule has 0 spiro atoms. The second-order valence-electron chi connectivity index (χ2n) is 6.41. The molecule has 1 aromatic carbocycles. The Morgan fingerprint density at radius 3 is 2.68 bits per heavy atom. The quantitative estimate of drug-likeness (QED) is 0.902. The highest BCUT2D eigenvalue weighted by Crippen LogP contribution is 2.35. The summed E-state index contributed by atoms with van der Waals surface area (Å²) in [7, 11) is 1.92. The van der Waals surface area contributed by atoms with E-state index < -0.39 is 0 Å². The third-order valence-corrected chi connectivity index (χ3v) is 5.87. The molecule has 1 aliphatic heterocycles. The fourth-order valence-corrected chi connectivity index (χ4v) is 4.28. The SMILES string of the molecule is CN(C(=O)c1ccc(Cl)c(Cl)c1)C1CCCC1C1CCCN1. The number of hydrogen-bond acceptors (Lipinski definition) is 2. The maximum Gasteiger partial charge on any atom is 0.253 e. The highest BCUT2D eigenvalue weighted by atomic mass is 35.5. The van der Waals surface area contributed by atoms with Gasteiger partial charge in [0, 0.05) is 24.7 Å². The molecule has 1 saturated heterocycles. The van der Waals surface area contributed by atoms with Crippen LogP contribution in [-0.4, -0.2) is 36.5 Å². The van der Waals surface area contributed by atoms with E-state index in [1.165, 1.54) is 25.7 Å². The molecule has 22 heavy (non-hydrogen) atoms. The highest BCUT2D eigenvalue weighted by molar-refractivity contribution is 6.42. The molecule has 2 aliphatic rings. The largest absolute Gasteiger partial charge is 0.338 e. The third kappa shape index (κ3) is 3.12. The lowest BCUT2D eigenvalue weighted by atomic mass is 9.92. The van der Waals surface area contributed by atoms with Crippen LogP contribution >= 0.6 is 23.2 Å². The minimum Gasteiger partial charge on any atom is -0.338 e. The molecule has 1 aromatic rings. The summed E-state index contributed by atoms with van der Waals surface area (Å²) >= 11 is 12.0. The van der Waals surface area contributed by atoms with Gasteiger partial charge in [-0.15, -0.1) is 0 Å². The van der Waals surface area contributed by atoms with Crippen LogP contribution < -0.4 is 5.32 Å². The van der Waals surface area contributed by atoms with Crippen LogP contribution in [0.15, 0.2) is 18.2 Å². The standard InChI is InChI=1S/C17H22Cl2N2O/c1-21(17(22)11-7-8-13(18)14(19)10-11)16-6-2-4-12(16)15-5-3-9-20-15/h7-8,10,12,15-16,20H,2-6,9H2,1H3. The number of nitrogens with one attached hydrogen (secondary N) is 1. The van der Waals surface area contributed by atoms with Crippen LogP contribution in [0.25, 0.3) is 0 Å². The van der Waals surface area contributed by atoms with Crippen molar-refractivity contribution in [2.24, 2.45) is 5.92 Å². The van der Waals surface area contributed by atoms with E-state index in [0.717, 1.165) is 13.0 Å². The van der Waals surface area contributed by atoms with Gasteiger partial charge >= 0.3 is 0 Å². The molecular formula is C17H22Cl2N2O. The van der Waals surface area contributed by atoms with E-state index in [1.54, 1.807) is 18.2 Å². The molecule has 0 radical (unpaired) electrons. The molecule has 1 saturated carbocycles. The summed E-state index contributed by atoms with van der Waals surface area (Å²) < 4.78 is 0. The first kappa shape index (κ1) is 16.1. The van der Waals surface area contributed by atoms with Crippen LogP contribution in [0.5, 0.6) is 0 Å². The van der Waals surface area contributed by atoms with Crippen molar-refractivity contribution in [2.75, 3.05) is 13.6 Å². The third-order valence-electron chi connectivity index (χ3n) is 5.13. The molecule has 1 amide bonds. The molecule has 1 N–H and O–H groups in total. The minimum atomic E-state index is 0.0356. The van der Waals surface area contributed by atoms with Crippen molar-refractivity contribution in [2.45, 2.75) is 44.2 Å². The normalized spacial score (nSPS) is 28.0. The summed E-state index contributed by atoms with van der Waals surface area (Å²) in [4.78, 5) is 14.7. The Labute approximate surface area is 142 Å². The maximum absolute atomic E-state index is 12.8. The molecule has 5 heteroatoms. The number of rotatable bonds is 3. The molecule has 0 aromatic heterocycles. The van der Waals surface area contributed by atoms with Gasteiger partial charge in [-0.05, 0) is 56.3 Å². The number of amides is 1. The predicted octanol–water partition coefficient (Wildman–Crippen LogP) is 3.99. The maximum atomic E-state index is 12.8. The Balaban J connectivity index is 1.75. The first-order valence-corrected chi connectivity index (χ1v) is 8.79. The number of carbonyl (C=O) groups is 1. The van der Waals surface area contributed by atoms with Crippen molar-refractivity contribution in [3.05, 3.63) is 33.8 Å². The number of carbonyl (C=O) groups excluding carboxylic acids is 1. The lowest BCUT2D eigenvalue weighted by molar-refractivity contribution is 0.0679. The van der Waals surface area contributed by atoms with E-state index in [0.29, 0.717) is 33.6 Å². The molecule has 2 fully saturated rings. The Morgan fingerprint density at radius 2 is 2.00 bits per heavy atom. The zero-order chi connectivity index (χ0) is 15.7. The van der Waals surface area contributed by atoms with E-state index in [9.17, 15) is 4.79 Å². The molecule has 3 unspecified atom stereocenters. The van der Waals surface area contributed by atoms with Gasteiger partial charge in [0.2, 0.25) is 0 Å². The van der Waals surface area contributed by atoms with Gasteiger partial charge in [0.25, 0.3) is 5.91 Å². The van der Waals surface area contributed by atoms with E-state index >= 15 is 0 Å². The number of hydrogen-bond donors (Lipinski definition) is 1. The molecular weight excluding hydrogens is 319 g/mol. The summed E-state index contributed by atoms with van der Waals surface area (Å²) in [5.74, 6) is 0.604. The van der Waals surface area contributed by atoms with Crippen molar-refractivity contribution < 1.29 is 4.79 Å². The summed E-state index contributed by atoms with van der Waals surface area (Å²) in [6.07, 6.45) is 5.98. The Hall–Kier alpha value is -0.770. The first-order valence-electron chi connectivity index (χ1n) is 8.03. The van der Waals surface area contributed by atoms with Gasteiger partial charge in [-0.2, -0.15) is 0 Å². The van der Waals surface area contributed by atoms with Crippen LogP contribution in [-0.2, 0) is 0 Å². The average molecular weight is 341 g/mol. The predicted molar refractivity (Wildman–Crippen MR) is 90.7 cm³/mol. The van der Waals surface area contributed by atoms with Crippen molar-refractivity contribution in [3.8, 4) is 0 Å². The fraction of sp³-hybridized carbons (Fsp3) is 0.588. The second-order valence-corrected chi connectivity index (χ2v) is 7.22. The van der Waals surface area contributed by atoms with Gasteiger partial charge in [0.1, 0.15) is 0 Å². The van der Waals surface area contributed by atoms with Crippen molar-refractivity contribution in [1.29, 1.82) is 0 Å². The van der Waals surface area contributed by atoms with Crippen molar-refractivity contribution >= 4 is 29.1 Å². The van der Waals surface area contributed by atoms with Crippen LogP contribution in [0.1, 0.15) is 42.5 Å². The van der Waals surface area contributed by atoms with Crippen LogP contribution in [0.3, 0.4) is 0 Å². The monoisotopic (exact) mass is 340 g/mol. The van der Waals surface area contributed by atoms with Crippen molar-refractivity contribution in [1.82, 2.24) is 10.2 Å². The van der Waals surface area contributed by atoms with Crippen LogP contribution in [0, 0.1) is 5.92 Å². The average Bonchev–Trinajstić information content (AvgIpc) is 3.18. The second kappa shape index (κ2) is 6.77. The van der Waals surface area contributed by atoms with E-state index in [1.807, 2.05) is 11.9 Å². The van der Waals surface area contributed by atoms with Gasteiger partial charge in [0.15, 0.2) is 0 Å². The zero-order valence-corrected chi connectivity index (χ0v) is 14.3. The van der Waals surface area contributed by atoms with Gasteiger partial charge in [-0.3, -0.25) is 4.79 Å². The molecule has 1 aliphatic carbocycles. The fourth-order valence-electron chi connectivity index (χ4n) is 3.98. The van der Waals surface area contributed by atoms with Crippen molar-refractivity contribution in [3.63, 3.8) is 0 Å². The summed E-state index contributed by atoms with van der Waals surface area (Å²) in [5.41, 5.74) is 0.613. The summed E-state index contributed by atoms with van der Waals surface area (Å²) in [5, 5.41) is 4.52. The topological polar surface area (TPSA) is 32.3 Å². The van der Waals surface area contributed by atoms with Crippen LogP contribution in [0.2, 0.25) is 10.0 Å². The molecule has 3 rings (SSSR count). The van der Waals surface area contributed by atoms with E-state index in [2.05, 4.69) is 5.32 Å². The number of benzene rings is 1. The summed E-state index contributed by atoms with van der Waals surface area (Å²) in [6.45, 7) is 1.11. The van der Waals surface area contributed by atoms with E-state index in [4.69, 9.17) is 23.2 Å². The van der Waals surface area contributed by atoms with Gasteiger partial charge in [0.05, 0.1) is 10.0 Å². The Bertz CT molecular complexity index is 558. The lowest BCUT2D eigenvalue weighted by Crippen LogP contribution is -2.45. The Kier molecular flexibility index (Phi) is 4.96.